The molecule has 2 saturated carbocycles. The molecule has 3 N–H and O–H groups in total. The van der Waals surface area contributed by atoms with Gasteiger partial charge in [-0.15, -0.1) is 35.0 Å². The van der Waals surface area contributed by atoms with Crippen molar-refractivity contribution in [3.63, 3.8) is 0 Å². The maximum atomic E-state index is 12.6. The predicted molar refractivity (Wildman–Crippen MR) is 108 cm³/mol. The van der Waals surface area contributed by atoms with Crippen molar-refractivity contribution >= 4 is 47.2 Å². The van der Waals surface area contributed by atoms with E-state index in [9.17, 15) is 4.79 Å². The van der Waals surface area contributed by atoms with E-state index in [2.05, 4.69) is 20.5 Å². The lowest BCUT2D eigenvalue weighted by molar-refractivity contribution is -0.122. The number of nitrogens with two attached hydrogens (primary N) is 1. The van der Waals surface area contributed by atoms with E-state index in [-0.39, 0.29) is 42.7 Å². The van der Waals surface area contributed by atoms with Crippen LogP contribution in [0.5, 0.6) is 0 Å². The normalized spacial score (nSPS) is 27.0. The van der Waals surface area contributed by atoms with E-state index in [0.717, 1.165) is 31.4 Å². The van der Waals surface area contributed by atoms with Gasteiger partial charge < -0.3 is 11.1 Å². The number of fused-ring (bicyclic) bond motifs is 2. The summed E-state index contributed by atoms with van der Waals surface area (Å²) in [7, 11) is 0. The summed E-state index contributed by atoms with van der Waals surface area (Å²) in [5.41, 5.74) is 7.08. The molecule has 0 radical (unpaired) electrons. The van der Waals surface area contributed by atoms with Crippen LogP contribution in [-0.2, 0) is 4.79 Å². The van der Waals surface area contributed by atoms with Crippen LogP contribution in [0.2, 0.25) is 0 Å². The van der Waals surface area contributed by atoms with Gasteiger partial charge in [0.2, 0.25) is 11.0 Å². The number of hydrogen-bond donors (Lipinski definition) is 2. The molecule has 4 rings (SSSR count). The Kier molecular flexibility index (Phi) is 7.34. The summed E-state index contributed by atoms with van der Waals surface area (Å²) in [6, 6.07) is 5.93. The molecule has 2 aliphatic rings. The monoisotopic (exact) mass is 415 g/mol. The number of amides is 1. The van der Waals surface area contributed by atoms with Crippen molar-refractivity contribution in [2.75, 3.05) is 5.32 Å². The number of nitrogens with zero attached hydrogens (tertiary/aromatic N) is 3. The molecule has 2 aliphatic carbocycles. The molecule has 2 aromatic rings. The molecule has 26 heavy (non-hydrogen) atoms. The Morgan fingerprint density at radius 3 is 2.54 bits per heavy atom. The van der Waals surface area contributed by atoms with Crippen LogP contribution >= 0.6 is 36.2 Å². The SMILES string of the molecule is Cl.Cl.NC1C2CCCC1CC(C(=O)Nc1nnc(-c3ccccn3)s1)C2. The predicted octanol–water partition coefficient (Wildman–Crippen LogP) is 3.54. The minimum absolute atomic E-state index is 0. The van der Waals surface area contributed by atoms with Crippen LogP contribution in [0.15, 0.2) is 24.4 Å². The lowest BCUT2D eigenvalue weighted by Crippen LogP contribution is -2.48. The zero-order valence-corrected chi connectivity index (χ0v) is 16.7. The van der Waals surface area contributed by atoms with Gasteiger partial charge in [-0.2, -0.15) is 0 Å². The first-order valence-corrected chi connectivity index (χ1v) is 9.33. The van der Waals surface area contributed by atoms with Gasteiger partial charge in [0.25, 0.3) is 0 Å². The number of rotatable bonds is 3. The average molecular weight is 416 g/mol. The Labute approximate surface area is 169 Å². The smallest absolute Gasteiger partial charge is 0.229 e. The molecule has 0 aromatic carbocycles. The fourth-order valence-electron chi connectivity index (χ4n) is 4.08. The summed E-state index contributed by atoms with van der Waals surface area (Å²) in [5.74, 6) is 1.09. The molecule has 0 aliphatic heterocycles. The molecule has 2 heterocycles. The molecule has 2 fully saturated rings. The van der Waals surface area contributed by atoms with Gasteiger partial charge in [-0.05, 0) is 49.7 Å². The second kappa shape index (κ2) is 9.08. The van der Waals surface area contributed by atoms with Crippen molar-refractivity contribution in [3.05, 3.63) is 24.4 Å². The number of carbonyl (C=O) groups excluding carboxylic acids is 1. The molecular formula is C17H23Cl2N5OS. The number of pyridine rings is 1. The Hall–Kier alpha value is -1.28. The Morgan fingerprint density at radius 2 is 1.88 bits per heavy atom. The summed E-state index contributed by atoms with van der Waals surface area (Å²) in [5, 5.41) is 12.4. The Morgan fingerprint density at radius 1 is 1.15 bits per heavy atom. The highest BCUT2D eigenvalue weighted by Crippen LogP contribution is 2.42. The van der Waals surface area contributed by atoms with Crippen LogP contribution in [0.4, 0.5) is 5.13 Å². The molecule has 1 amide bonds. The number of carbonyl (C=O) groups is 1. The minimum atomic E-state index is 0. The molecule has 2 unspecified atom stereocenters. The van der Waals surface area contributed by atoms with E-state index in [1.165, 1.54) is 17.8 Å². The first-order chi connectivity index (χ1) is 11.7. The topological polar surface area (TPSA) is 93.8 Å². The maximum absolute atomic E-state index is 12.6. The number of aromatic nitrogens is 3. The quantitative estimate of drug-likeness (QED) is 0.798. The van der Waals surface area contributed by atoms with Gasteiger partial charge in [-0.1, -0.05) is 23.8 Å². The highest BCUT2D eigenvalue weighted by molar-refractivity contribution is 7.18. The van der Waals surface area contributed by atoms with E-state index in [0.29, 0.717) is 22.0 Å². The zero-order chi connectivity index (χ0) is 16.5. The molecule has 9 heteroatoms. The summed E-state index contributed by atoms with van der Waals surface area (Å²) in [4.78, 5) is 16.9. The number of anilines is 1. The number of hydrogen-bond acceptors (Lipinski definition) is 6. The third-order valence-corrected chi connectivity index (χ3v) is 6.18. The van der Waals surface area contributed by atoms with Gasteiger partial charge in [0.1, 0.15) is 5.69 Å². The first kappa shape index (κ1) is 21.0. The summed E-state index contributed by atoms with van der Waals surface area (Å²) in [6.07, 6.45) is 7.08. The van der Waals surface area contributed by atoms with Crippen molar-refractivity contribution in [1.82, 2.24) is 15.2 Å². The number of halogens is 2. The van der Waals surface area contributed by atoms with Crippen LogP contribution in [0.3, 0.4) is 0 Å². The third kappa shape index (κ3) is 4.34. The summed E-state index contributed by atoms with van der Waals surface area (Å²) >= 11 is 1.36. The van der Waals surface area contributed by atoms with Gasteiger partial charge in [-0.3, -0.25) is 9.78 Å². The van der Waals surface area contributed by atoms with Crippen LogP contribution in [-0.4, -0.2) is 27.1 Å². The van der Waals surface area contributed by atoms with Gasteiger partial charge in [0.15, 0.2) is 5.01 Å². The van der Waals surface area contributed by atoms with Crippen molar-refractivity contribution in [1.29, 1.82) is 0 Å². The molecular weight excluding hydrogens is 393 g/mol. The minimum Gasteiger partial charge on any atom is -0.327 e. The molecule has 2 atom stereocenters. The lowest BCUT2D eigenvalue weighted by atomic mass is 9.65. The molecule has 0 saturated heterocycles. The van der Waals surface area contributed by atoms with Gasteiger partial charge >= 0.3 is 0 Å². The van der Waals surface area contributed by atoms with E-state index in [1.54, 1.807) is 6.20 Å². The van der Waals surface area contributed by atoms with Gasteiger partial charge in [0.05, 0.1) is 0 Å². The van der Waals surface area contributed by atoms with Crippen molar-refractivity contribution in [2.24, 2.45) is 23.5 Å². The van der Waals surface area contributed by atoms with Crippen LogP contribution < -0.4 is 11.1 Å². The van der Waals surface area contributed by atoms with Gasteiger partial charge in [0, 0.05) is 18.2 Å². The number of nitrogens with one attached hydrogen (secondary N) is 1. The van der Waals surface area contributed by atoms with Crippen LogP contribution in [0.25, 0.3) is 10.7 Å². The third-order valence-electron chi connectivity index (χ3n) is 5.32. The highest BCUT2D eigenvalue weighted by Gasteiger charge is 2.40. The molecule has 0 spiro atoms. The molecule has 2 bridgehead atoms. The standard InChI is InChI=1S/C17H21N5OS.2ClH/c18-14-10-4-3-5-11(14)9-12(8-10)15(23)20-17-22-21-16(24-17)13-6-1-2-7-19-13;;/h1-2,6-7,10-12,14H,3-5,8-9,18H2,(H,20,22,23);2*1H. The van der Waals surface area contributed by atoms with E-state index in [1.807, 2.05) is 18.2 Å². The summed E-state index contributed by atoms with van der Waals surface area (Å²) in [6.45, 7) is 0. The fraction of sp³-hybridized carbons (Fsp3) is 0.529. The molecule has 142 valence electrons. The first-order valence-electron chi connectivity index (χ1n) is 8.52. The molecule has 2 aromatic heterocycles. The Bertz CT molecular complexity index is 715. The van der Waals surface area contributed by atoms with Gasteiger partial charge in [-0.25, -0.2) is 0 Å². The van der Waals surface area contributed by atoms with E-state index >= 15 is 0 Å². The van der Waals surface area contributed by atoms with E-state index in [4.69, 9.17) is 5.73 Å². The van der Waals surface area contributed by atoms with Crippen LogP contribution in [0.1, 0.15) is 32.1 Å². The van der Waals surface area contributed by atoms with Crippen LogP contribution in [0, 0.1) is 17.8 Å². The second-order valence-corrected chi connectivity index (χ2v) is 7.79. The Balaban J connectivity index is 0.00000121. The average Bonchev–Trinajstić information content (AvgIpc) is 3.04. The highest BCUT2D eigenvalue weighted by atomic mass is 35.5. The lowest BCUT2D eigenvalue weighted by Gasteiger charge is -2.43. The fourth-order valence-corrected chi connectivity index (χ4v) is 4.80. The van der Waals surface area contributed by atoms with E-state index < -0.39 is 0 Å². The zero-order valence-electron chi connectivity index (χ0n) is 14.2. The largest absolute Gasteiger partial charge is 0.327 e. The molecule has 6 nitrogen and oxygen atoms in total. The van der Waals surface area contributed by atoms with Crippen molar-refractivity contribution < 1.29 is 4.79 Å². The summed E-state index contributed by atoms with van der Waals surface area (Å²) < 4.78 is 0. The maximum Gasteiger partial charge on any atom is 0.229 e. The van der Waals surface area contributed by atoms with Crippen molar-refractivity contribution in [3.8, 4) is 10.7 Å². The van der Waals surface area contributed by atoms with Crippen molar-refractivity contribution in [2.45, 2.75) is 38.1 Å². The second-order valence-electron chi connectivity index (χ2n) is 6.81.